The summed E-state index contributed by atoms with van der Waals surface area (Å²) in [6.45, 7) is 4.25. The van der Waals surface area contributed by atoms with Gasteiger partial charge in [-0.2, -0.15) is 0 Å². The number of H-pyrrole nitrogens is 1. The van der Waals surface area contributed by atoms with Crippen LogP contribution in [0.25, 0.3) is 10.9 Å². The number of rotatable bonds is 5. The molecule has 0 saturated heterocycles. The lowest BCUT2D eigenvalue weighted by Crippen LogP contribution is -2.27. The van der Waals surface area contributed by atoms with E-state index in [1.54, 1.807) is 36.5 Å². The number of unbranched alkanes of at least 4 members (excludes halogenated alkanes) is 1. The van der Waals surface area contributed by atoms with Crippen LogP contribution in [0.4, 0.5) is 0 Å². The number of sulfone groups is 1. The Morgan fingerprint density at radius 2 is 1.84 bits per heavy atom. The van der Waals surface area contributed by atoms with Gasteiger partial charge < -0.3 is 4.98 Å². The van der Waals surface area contributed by atoms with Crippen molar-refractivity contribution in [2.75, 3.05) is 0 Å². The summed E-state index contributed by atoms with van der Waals surface area (Å²) in [5.74, 6) is 0. The smallest absolute Gasteiger partial charge is 0.275 e. The normalized spacial score (nSPS) is 12.0. The second kappa shape index (κ2) is 6.80. The molecule has 0 fully saturated rings. The molecule has 0 bridgehead atoms. The number of halogens is 1. The monoisotopic (exact) mass is 422 g/mol. The predicted molar refractivity (Wildman–Crippen MR) is 102 cm³/mol. The van der Waals surface area contributed by atoms with E-state index in [1.807, 2.05) is 13.8 Å². The van der Waals surface area contributed by atoms with E-state index in [1.165, 1.54) is 4.57 Å². The van der Waals surface area contributed by atoms with Gasteiger partial charge in [-0.3, -0.25) is 9.36 Å². The predicted octanol–water partition coefficient (Wildman–Crippen LogP) is 4.03. The number of pyridine rings is 1. The Kier molecular flexibility index (Phi) is 4.88. The number of aryl methyl sites for hydroxylation is 1. The van der Waals surface area contributed by atoms with Crippen LogP contribution in [0, 0.1) is 6.92 Å². The molecule has 1 aromatic carbocycles. The third-order valence-electron chi connectivity index (χ3n) is 4.20. The van der Waals surface area contributed by atoms with Crippen molar-refractivity contribution in [1.82, 2.24) is 9.55 Å². The molecular formula is C18H19BrN2O3S. The summed E-state index contributed by atoms with van der Waals surface area (Å²) in [6.07, 6.45) is 3.22. The summed E-state index contributed by atoms with van der Waals surface area (Å²) >= 11 is 3.43. The van der Waals surface area contributed by atoms with Crippen LogP contribution in [0.3, 0.4) is 0 Å². The molecule has 132 valence electrons. The van der Waals surface area contributed by atoms with Gasteiger partial charge in [0.2, 0.25) is 9.84 Å². The molecule has 5 nitrogen and oxygen atoms in total. The Hall–Kier alpha value is -1.86. The maximum Gasteiger partial charge on any atom is 0.275 e. The molecule has 3 aromatic rings. The molecule has 3 rings (SSSR count). The second-order valence-electron chi connectivity index (χ2n) is 6.01. The third-order valence-corrected chi connectivity index (χ3v) is 7.09. The lowest BCUT2D eigenvalue weighted by atomic mass is 10.2. The van der Waals surface area contributed by atoms with Crippen LogP contribution in [0.5, 0.6) is 0 Å². The average molecular weight is 423 g/mol. The molecule has 0 amide bonds. The fraction of sp³-hybridized carbons (Fsp3) is 0.278. The van der Waals surface area contributed by atoms with Crippen molar-refractivity contribution in [3.8, 4) is 0 Å². The van der Waals surface area contributed by atoms with Gasteiger partial charge in [0.05, 0.1) is 9.37 Å². The Morgan fingerprint density at radius 3 is 2.48 bits per heavy atom. The van der Waals surface area contributed by atoms with Crippen molar-refractivity contribution in [1.29, 1.82) is 0 Å². The number of hydrogen-bond donors (Lipinski definition) is 1. The molecule has 1 N–H and O–H groups in total. The number of nitrogens with one attached hydrogen (secondary N) is 1. The molecule has 7 heteroatoms. The molecule has 2 heterocycles. The van der Waals surface area contributed by atoms with E-state index >= 15 is 0 Å². The Morgan fingerprint density at radius 1 is 1.16 bits per heavy atom. The van der Waals surface area contributed by atoms with Crippen molar-refractivity contribution < 1.29 is 8.42 Å². The Balaban J connectivity index is 2.35. The zero-order valence-corrected chi connectivity index (χ0v) is 16.4. The highest BCUT2D eigenvalue weighted by Crippen LogP contribution is 2.32. The zero-order valence-electron chi connectivity index (χ0n) is 14.0. The first-order valence-electron chi connectivity index (χ1n) is 8.09. The van der Waals surface area contributed by atoms with Gasteiger partial charge in [0.15, 0.2) is 5.03 Å². The van der Waals surface area contributed by atoms with Gasteiger partial charge in [0.25, 0.3) is 5.56 Å². The SMILES string of the molecule is CCCCn1c(S(=O)(=O)c2ccc(C)cc2)c(Br)c2cc[nH]c2c1=O. The summed E-state index contributed by atoms with van der Waals surface area (Å²) in [5.41, 5.74) is 1.07. The Labute approximate surface area is 154 Å². The van der Waals surface area contributed by atoms with Gasteiger partial charge in [-0.15, -0.1) is 0 Å². The topological polar surface area (TPSA) is 71.9 Å². The first kappa shape index (κ1) is 17.9. The summed E-state index contributed by atoms with van der Waals surface area (Å²) in [7, 11) is -3.84. The molecule has 0 radical (unpaired) electrons. The second-order valence-corrected chi connectivity index (χ2v) is 8.67. The molecule has 0 aliphatic rings. The van der Waals surface area contributed by atoms with E-state index < -0.39 is 9.84 Å². The average Bonchev–Trinajstić information content (AvgIpc) is 3.07. The molecule has 0 atom stereocenters. The number of aromatic amines is 1. The molecule has 0 aliphatic carbocycles. The van der Waals surface area contributed by atoms with E-state index in [2.05, 4.69) is 20.9 Å². The van der Waals surface area contributed by atoms with E-state index in [-0.39, 0.29) is 15.5 Å². The first-order chi connectivity index (χ1) is 11.9. The number of nitrogens with zero attached hydrogens (tertiary/aromatic N) is 1. The van der Waals surface area contributed by atoms with Gasteiger partial charge in [0.1, 0.15) is 5.52 Å². The van der Waals surface area contributed by atoms with Gasteiger partial charge in [-0.25, -0.2) is 8.42 Å². The summed E-state index contributed by atoms with van der Waals surface area (Å²) < 4.78 is 28.3. The van der Waals surface area contributed by atoms with Crippen LogP contribution in [0.2, 0.25) is 0 Å². The van der Waals surface area contributed by atoms with Crippen LogP contribution >= 0.6 is 15.9 Å². The van der Waals surface area contributed by atoms with E-state index in [4.69, 9.17) is 0 Å². The molecular weight excluding hydrogens is 404 g/mol. The highest BCUT2D eigenvalue weighted by Gasteiger charge is 2.28. The van der Waals surface area contributed by atoms with Crippen molar-refractivity contribution in [2.24, 2.45) is 0 Å². The van der Waals surface area contributed by atoms with Gasteiger partial charge in [-0.1, -0.05) is 31.0 Å². The molecule has 0 saturated carbocycles. The van der Waals surface area contributed by atoms with Gasteiger partial charge in [-0.05, 0) is 47.5 Å². The molecule has 0 unspecified atom stereocenters. The first-order valence-corrected chi connectivity index (χ1v) is 10.4. The lowest BCUT2D eigenvalue weighted by molar-refractivity contribution is 0.540. The van der Waals surface area contributed by atoms with Gasteiger partial charge >= 0.3 is 0 Å². The fourth-order valence-corrected chi connectivity index (χ4v) is 5.51. The summed E-state index contributed by atoms with van der Waals surface area (Å²) in [4.78, 5) is 15.9. The van der Waals surface area contributed by atoms with Crippen molar-refractivity contribution in [2.45, 2.75) is 43.2 Å². The minimum Gasteiger partial charge on any atom is -0.357 e. The van der Waals surface area contributed by atoms with Crippen LogP contribution < -0.4 is 5.56 Å². The molecule has 0 spiro atoms. The molecule has 0 aliphatic heterocycles. The summed E-state index contributed by atoms with van der Waals surface area (Å²) in [5, 5.41) is 0.588. The maximum atomic E-state index is 13.3. The number of hydrogen-bond acceptors (Lipinski definition) is 3. The van der Waals surface area contributed by atoms with E-state index in [0.29, 0.717) is 21.9 Å². The molecule has 25 heavy (non-hydrogen) atoms. The third kappa shape index (κ3) is 3.06. The van der Waals surface area contributed by atoms with E-state index in [9.17, 15) is 13.2 Å². The number of benzene rings is 1. The number of fused-ring (bicyclic) bond motifs is 1. The van der Waals surface area contributed by atoms with Crippen molar-refractivity contribution in [3.05, 3.63) is 56.9 Å². The maximum absolute atomic E-state index is 13.3. The van der Waals surface area contributed by atoms with Crippen LogP contribution in [0.1, 0.15) is 25.3 Å². The lowest BCUT2D eigenvalue weighted by Gasteiger charge is -2.16. The zero-order chi connectivity index (χ0) is 18.2. The number of aromatic nitrogens is 2. The highest BCUT2D eigenvalue weighted by atomic mass is 79.9. The van der Waals surface area contributed by atoms with E-state index in [0.717, 1.165) is 18.4 Å². The minimum absolute atomic E-state index is 0.0157. The molecule has 2 aromatic heterocycles. The van der Waals surface area contributed by atoms with Gasteiger partial charge in [0, 0.05) is 18.1 Å². The largest absolute Gasteiger partial charge is 0.357 e. The highest BCUT2D eigenvalue weighted by molar-refractivity contribution is 9.10. The van der Waals surface area contributed by atoms with Crippen molar-refractivity contribution in [3.63, 3.8) is 0 Å². The standard InChI is InChI=1S/C18H19BrN2O3S/c1-3-4-11-21-17(22)16-14(9-10-20-16)15(19)18(21)25(23,24)13-7-5-12(2)6-8-13/h5-10,20H,3-4,11H2,1-2H3. The van der Waals surface area contributed by atoms with Crippen LogP contribution in [-0.2, 0) is 16.4 Å². The minimum atomic E-state index is -3.84. The van der Waals surface area contributed by atoms with Crippen LogP contribution in [0.15, 0.2) is 55.7 Å². The quantitative estimate of drug-likeness (QED) is 0.674. The van der Waals surface area contributed by atoms with Crippen molar-refractivity contribution >= 4 is 36.7 Å². The Bertz CT molecular complexity index is 1080. The fourth-order valence-electron chi connectivity index (χ4n) is 2.80. The summed E-state index contributed by atoms with van der Waals surface area (Å²) in [6, 6.07) is 8.37. The van der Waals surface area contributed by atoms with Crippen LogP contribution in [-0.4, -0.2) is 18.0 Å².